The van der Waals surface area contributed by atoms with Crippen molar-refractivity contribution in [2.45, 2.75) is 51.6 Å². The van der Waals surface area contributed by atoms with Gasteiger partial charge in [0.15, 0.2) is 0 Å². The molecule has 0 spiro atoms. The van der Waals surface area contributed by atoms with Gasteiger partial charge < -0.3 is 9.84 Å². The highest BCUT2D eigenvalue weighted by Gasteiger charge is 2.20. The molecule has 0 aromatic heterocycles. The maximum absolute atomic E-state index is 9.60. The van der Waals surface area contributed by atoms with Crippen molar-refractivity contribution < 1.29 is 9.84 Å². The van der Waals surface area contributed by atoms with Gasteiger partial charge in [-0.3, -0.25) is 0 Å². The van der Waals surface area contributed by atoms with E-state index < -0.39 is 0 Å². The van der Waals surface area contributed by atoms with Crippen molar-refractivity contribution in [2.24, 2.45) is 5.92 Å². The molecule has 0 radical (unpaired) electrons. The molecule has 1 rings (SSSR count). The number of hydrogen-bond acceptors (Lipinski definition) is 2. The number of ether oxygens (including phenoxy) is 1. The quantitative estimate of drug-likeness (QED) is 0.618. The van der Waals surface area contributed by atoms with Gasteiger partial charge >= 0.3 is 0 Å². The van der Waals surface area contributed by atoms with E-state index in [1.165, 1.54) is 19.3 Å². The number of aliphatic hydroxyl groups excluding tert-OH is 1. The van der Waals surface area contributed by atoms with Crippen LogP contribution in [0.4, 0.5) is 0 Å². The minimum atomic E-state index is -0.123. The zero-order valence-corrected chi connectivity index (χ0v) is 8.67. The molecule has 1 atom stereocenters. The average Bonchev–Trinajstić information content (AvgIpc) is 2.06. The van der Waals surface area contributed by atoms with Crippen LogP contribution in [0.25, 0.3) is 0 Å². The van der Waals surface area contributed by atoms with Crippen LogP contribution in [-0.2, 0) is 4.74 Å². The van der Waals surface area contributed by atoms with E-state index in [0.717, 1.165) is 38.4 Å². The molecule has 1 aliphatic rings. The molecule has 0 aromatic carbocycles. The van der Waals surface area contributed by atoms with Gasteiger partial charge in [0.2, 0.25) is 0 Å². The van der Waals surface area contributed by atoms with Crippen LogP contribution in [0.5, 0.6) is 0 Å². The Kier molecular flexibility index (Phi) is 5.40. The van der Waals surface area contributed by atoms with Gasteiger partial charge in [0, 0.05) is 13.2 Å². The summed E-state index contributed by atoms with van der Waals surface area (Å²) in [5, 5.41) is 9.60. The van der Waals surface area contributed by atoms with Crippen molar-refractivity contribution >= 4 is 0 Å². The molecule has 0 aromatic rings. The van der Waals surface area contributed by atoms with Gasteiger partial charge in [0.25, 0.3) is 0 Å². The second-order valence-electron chi connectivity index (χ2n) is 4.09. The van der Waals surface area contributed by atoms with Gasteiger partial charge in [-0.05, 0) is 25.2 Å². The summed E-state index contributed by atoms with van der Waals surface area (Å²) in [6.45, 7) is 3.66. The first-order valence-corrected chi connectivity index (χ1v) is 5.58. The first-order valence-electron chi connectivity index (χ1n) is 5.58. The smallest absolute Gasteiger partial charge is 0.0564 e. The molecule has 0 saturated heterocycles. The van der Waals surface area contributed by atoms with E-state index >= 15 is 0 Å². The van der Waals surface area contributed by atoms with E-state index in [2.05, 4.69) is 6.92 Å². The van der Waals surface area contributed by atoms with Crippen LogP contribution in [0.15, 0.2) is 0 Å². The summed E-state index contributed by atoms with van der Waals surface area (Å²) >= 11 is 0. The average molecular weight is 186 g/mol. The fraction of sp³-hybridized carbons (Fsp3) is 1.00. The molecule has 0 aliphatic heterocycles. The molecule has 0 heterocycles. The first kappa shape index (κ1) is 11.0. The first-order chi connectivity index (χ1) is 6.33. The molecule has 1 saturated carbocycles. The zero-order chi connectivity index (χ0) is 9.52. The summed E-state index contributed by atoms with van der Waals surface area (Å²) in [6.07, 6.45) is 6.77. The monoisotopic (exact) mass is 186 g/mol. The maximum Gasteiger partial charge on any atom is 0.0564 e. The highest BCUT2D eigenvalue weighted by atomic mass is 16.5. The molecule has 1 fully saturated rings. The van der Waals surface area contributed by atoms with Crippen molar-refractivity contribution in [1.29, 1.82) is 0 Å². The van der Waals surface area contributed by atoms with Crippen LogP contribution < -0.4 is 0 Å². The molecule has 1 N–H and O–H groups in total. The van der Waals surface area contributed by atoms with Gasteiger partial charge in [0.1, 0.15) is 0 Å². The fourth-order valence-electron chi connectivity index (χ4n) is 1.70. The SMILES string of the molecule is CCCOCCC(O)CC1CCC1. The van der Waals surface area contributed by atoms with Gasteiger partial charge in [-0.15, -0.1) is 0 Å². The Hall–Kier alpha value is -0.0800. The zero-order valence-electron chi connectivity index (χ0n) is 8.67. The summed E-state index contributed by atoms with van der Waals surface area (Å²) < 4.78 is 5.33. The van der Waals surface area contributed by atoms with Crippen molar-refractivity contribution in [3.63, 3.8) is 0 Å². The van der Waals surface area contributed by atoms with Crippen LogP contribution >= 0.6 is 0 Å². The molecular weight excluding hydrogens is 164 g/mol. The lowest BCUT2D eigenvalue weighted by molar-refractivity contribution is 0.0610. The summed E-state index contributed by atoms with van der Waals surface area (Å²) in [5.41, 5.74) is 0. The molecular formula is C11H22O2. The number of hydrogen-bond donors (Lipinski definition) is 1. The van der Waals surface area contributed by atoms with Crippen LogP contribution in [0.3, 0.4) is 0 Å². The van der Waals surface area contributed by atoms with Crippen LogP contribution in [-0.4, -0.2) is 24.4 Å². The minimum Gasteiger partial charge on any atom is -0.393 e. The molecule has 2 heteroatoms. The van der Waals surface area contributed by atoms with Crippen molar-refractivity contribution in [1.82, 2.24) is 0 Å². The molecule has 13 heavy (non-hydrogen) atoms. The molecule has 1 aliphatic carbocycles. The van der Waals surface area contributed by atoms with E-state index in [9.17, 15) is 5.11 Å². The molecule has 2 nitrogen and oxygen atoms in total. The lowest BCUT2D eigenvalue weighted by Gasteiger charge is -2.27. The van der Waals surface area contributed by atoms with Crippen LogP contribution in [0, 0.1) is 5.92 Å². The Morgan fingerprint density at radius 3 is 2.69 bits per heavy atom. The highest BCUT2D eigenvalue weighted by molar-refractivity contribution is 4.72. The van der Waals surface area contributed by atoms with E-state index in [-0.39, 0.29) is 6.10 Å². The topological polar surface area (TPSA) is 29.5 Å². The van der Waals surface area contributed by atoms with Gasteiger partial charge in [0.05, 0.1) is 6.10 Å². The Morgan fingerprint density at radius 2 is 2.15 bits per heavy atom. The summed E-state index contributed by atoms with van der Waals surface area (Å²) in [5.74, 6) is 0.807. The van der Waals surface area contributed by atoms with Crippen molar-refractivity contribution in [3.8, 4) is 0 Å². The molecule has 1 unspecified atom stereocenters. The number of rotatable bonds is 7. The van der Waals surface area contributed by atoms with E-state index in [4.69, 9.17) is 4.74 Å². The van der Waals surface area contributed by atoms with Crippen molar-refractivity contribution in [2.75, 3.05) is 13.2 Å². The lowest BCUT2D eigenvalue weighted by Crippen LogP contribution is -2.20. The maximum atomic E-state index is 9.60. The largest absolute Gasteiger partial charge is 0.393 e. The van der Waals surface area contributed by atoms with Crippen LogP contribution in [0.2, 0.25) is 0 Å². The van der Waals surface area contributed by atoms with Gasteiger partial charge in [-0.1, -0.05) is 26.2 Å². The lowest BCUT2D eigenvalue weighted by atomic mass is 9.81. The third kappa shape index (κ3) is 4.63. The van der Waals surface area contributed by atoms with E-state index in [1.807, 2.05) is 0 Å². The van der Waals surface area contributed by atoms with Gasteiger partial charge in [-0.2, -0.15) is 0 Å². The second kappa shape index (κ2) is 6.39. The summed E-state index contributed by atoms with van der Waals surface area (Å²) in [4.78, 5) is 0. The fourth-order valence-corrected chi connectivity index (χ4v) is 1.70. The Bertz CT molecular complexity index is 121. The third-order valence-corrected chi connectivity index (χ3v) is 2.77. The van der Waals surface area contributed by atoms with E-state index in [1.54, 1.807) is 0 Å². The van der Waals surface area contributed by atoms with Crippen molar-refractivity contribution in [3.05, 3.63) is 0 Å². The Labute approximate surface area is 81.3 Å². The van der Waals surface area contributed by atoms with Gasteiger partial charge in [-0.25, -0.2) is 0 Å². The Morgan fingerprint density at radius 1 is 1.38 bits per heavy atom. The third-order valence-electron chi connectivity index (χ3n) is 2.77. The second-order valence-corrected chi connectivity index (χ2v) is 4.09. The highest BCUT2D eigenvalue weighted by Crippen LogP contribution is 2.30. The summed E-state index contributed by atoms with van der Waals surface area (Å²) in [7, 11) is 0. The van der Waals surface area contributed by atoms with E-state index in [0.29, 0.717) is 0 Å². The molecule has 78 valence electrons. The minimum absolute atomic E-state index is 0.123. The molecule has 0 bridgehead atoms. The summed E-state index contributed by atoms with van der Waals surface area (Å²) in [6, 6.07) is 0. The molecule has 0 amide bonds. The predicted octanol–water partition coefficient (Wildman–Crippen LogP) is 2.35. The Balaban J connectivity index is 1.87. The normalized spacial score (nSPS) is 19.8. The van der Waals surface area contributed by atoms with Crippen LogP contribution in [0.1, 0.15) is 45.4 Å². The standard InChI is InChI=1S/C11H22O2/c1-2-7-13-8-6-11(12)9-10-4-3-5-10/h10-12H,2-9H2,1H3. The predicted molar refractivity (Wildman–Crippen MR) is 53.7 cm³/mol. The number of aliphatic hydroxyl groups is 1.